The number of carbonyl (C=O) groups is 6. The van der Waals surface area contributed by atoms with Crippen LogP contribution >= 0.6 is 0 Å². The third-order valence-electron chi connectivity index (χ3n) is 2.57. The van der Waals surface area contributed by atoms with E-state index >= 15 is 0 Å². The van der Waals surface area contributed by atoms with E-state index in [9.17, 15) is 28.8 Å². The Morgan fingerprint density at radius 3 is 0.583 bits per heavy atom. The van der Waals surface area contributed by atoms with E-state index in [1.807, 2.05) is 0 Å². The minimum atomic E-state index is -2.74. The van der Waals surface area contributed by atoms with Crippen LogP contribution in [0.5, 0.6) is 0 Å². The summed E-state index contributed by atoms with van der Waals surface area (Å²) in [5.41, 5.74) is -5.48. The minimum Gasteiger partial charge on any atom is -1.00 e. The Bertz CT molecular complexity index is 558. The van der Waals surface area contributed by atoms with Gasteiger partial charge in [0.25, 0.3) is 0 Å². The van der Waals surface area contributed by atoms with Crippen LogP contribution in [0, 0.1) is 0 Å². The van der Waals surface area contributed by atoms with Crippen LogP contribution in [-0.4, -0.2) is 110 Å². The van der Waals surface area contributed by atoms with E-state index in [-0.39, 0.29) is 339 Å². The van der Waals surface area contributed by atoms with Gasteiger partial charge >= 0.3 is 344 Å². The SMILES string of the molecule is O.O.O.O.O=C(O)CC(O)(CC(=O)O)C(=O)O.O=C(O)CC(O)(CC(=O)O)C(=O)O.[H-].[H-].[H-].[H-].[H-].[H-].[K+].[K+].[K+].[K+].[K+].[K+]. The van der Waals surface area contributed by atoms with E-state index < -0.39 is 72.7 Å². The summed E-state index contributed by atoms with van der Waals surface area (Å²) in [6.45, 7) is 0. The topological polar surface area (TPSA) is 390 Å². The second kappa shape index (κ2) is 41.4. The maximum Gasteiger partial charge on any atom is 1.00 e. The van der Waals surface area contributed by atoms with Gasteiger partial charge in [-0.05, 0) is 0 Å². The summed E-state index contributed by atoms with van der Waals surface area (Å²) in [5, 5.41) is 67.6. The Labute approximate surface area is 467 Å². The Kier molecular flexibility index (Phi) is 90.4. The number of hydrogen-bond donors (Lipinski definition) is 8. The molecule has 0 radical (unpaired) electrons. The van der Waals surface area contributed by atoms with Crippen LogP contribution in [0.1, 0.15) is 34.2 Å². The zero-order valence-electron chi connectivity index (χ0n) is 26.9. The Morgan fingerprint density at radius 2 is 0.528 bits per heavy atom. The molecular weight excluding hydrogens is 667 g/mol. The zero-order chi connectivity index (χ0) is 21.3. The first-order chi connectivity index (χ1) is 11.6. The predicted molar refractivity (Wildman–Crippen MR) is 95.3 cm³/mol. The van der Waals surface area contributed by atoms with Crippen molar-refractivity contribution in [1.29, 1.82) is 0 Å². The fourth-order valence-electron chi connectivity index (χ4n) is 1.43. The molecule has 0 aromatic heterocycles. The van der Waals surface area contributed by atoms with Gasteiger partial charge in [-0.25, -0.2) is 9.59 Å². The van der Waals surface area contributed by atoms with Crippen molar-refractivity contribution in [3.05, 3.63) is 0 Å². The summed E-state index contributed by atoms with van der Waals surface area (Å²) >= 11 is 0. The number of rotatable bonds is 10. The van der Waals surface area contributed by atoms with Gasteiger partial charge in [0.2, 0.25) is 0 Å². The van der Waals surface area contributed by atoms with Gasteiger partial charge in [0.05, 0.1) is 25.7 Å². The third kappa shape index (κ3) is 42.5. The Morgan fingerprint density at radius 1 is 0.417 bits per heavy atom. The van der Waals surface area contributed by atoms with Crippen molar-refractivity contribution >= 4 is 35.8 Å². The van der Waals surface area contributed by atoms with Gasteiger partial charge in [-0.1, -0.05) is 0 Å². The molecule has 0 aliphatic carbocycles. The molecule has 24 heteroatoms. The summed E-state index contributed by atoms with van der Waals surface area (Å²) in [6.07, 6.45) is -4.58. The number of aliphatic hydroxyl groups is 2. The summed E-state index contributed by atoms with van der Waals surface area (Å²) < 4.78 is 0. The molecule has 0 spiro atoms. The molecular formula is C12H30K6O18. The van der Waals surface area contributed by atoms with E-state index in [0.29, 0.717) is 0 Å². The van der Waals surface area contributed by atoms with E-state index in [0.717, 1.165) is 0 Å². The maximum absolute atomic E-state index is 10.3. The van der Waals surface area contributed by atoms with Gasteiger partial charge in [0, 0.05) is 0 Å². The summed E-state index contributed by atoms with van der Waals surface area (Å²) in [5.74, 6) is -10.0. The van der Waals surface area contributed by atoms with E-state index in [4.69, 9.17) is 40.9 Å². The van der Waals surface area contributed by atoms with Crippen LogP contribution in [0.15, 0.2) is 0 Å². The summed E-state index contributed by atoms with van der Waals surface area (Å²) in [6, 6.07) is 0. The molecule has 0 aromatic carbocycles. The van der Waals surface area contributed by atoms with Crippen LogP contribution in [0.3, 0.4) is 0 Å². The molecule has 0 saturated carbocycles. The van der Waals surface area contributed by atoms with Crippen LogP contribution in [-0.2, 0) is 28.8 Å². The predicted octanol–water partition coefficient (Wildman–Crippen LogP) is -23.1. The Hall–Kier alpha value is 6.40. The van der Waals surface area contributed by atoms with Crippen molar-refractivity contribution in [2.24, 2.45) is 0 Å². The monoisotopic (exact) mass is 696 g/mol. The molecule has 0 atom stereocenters. The van der Waals surface area contributed by atoms with Gasteiger partial charge in [-0.3, -0.25) is 19.2 Å². The molecule has 0 aliphatic heterocycles. The van der Waals surface area contributed by atoms with E-state index in [1.54, 1.807) is 0 Å². The molecule has 192 valence electrons. The molecule has 0 unspecified atom stereocenters. The number of carboxylic acid groups (broad SMARTS) is 6. The first-order valence-electron chi connectivity index (χ1n) is 6.34. The first-order valence-corrected chi connectivity index (χ1v) is 6.34. The van der Waals surface area contributed by atoms with Gasteiger partial charge in [-0.15, -0.1) is 0 Å². The molecule has 0 heterocycles. The molecule has 0 aliphatic rings. The molecule has 0 aromatic rings. The number of hydrogen-bond acceptors (Lipinski definition) is 8. The van der Waals surface area contributed by atoms with Crippen LogP contribution in [0.4, 0.5) is 0 Å². The Balaban J connectivity index is -0.0000000124. The molecule has 18 nitrogen and oxygen atoms in total. The largest absolute Gasteiger partial charge is 1.00 e. The fourth-order valence-corrected chi connectivity index (χ4v) is 1.43. The normalized spacial score (nSPS) is 7.83. The van der Waals surface area contributed by atoms with Crippen LogP contribution in [0.2, 0.25) is 0 Å². The molecule has 0 saturated heterocycles. The van der Waals surface area contributed by atoms with E-state index in [1.165, 1.54) is 0 Å². The first kappa shape index (κ1) is 78.6. The molecule has 0 amide bonds. The number of aliphatic carboxylic acids is 6. The second-order valence-electron chi connectivity index (χ2n) is 4.96. The van der Waals surface area contributed by atoms with Gasteiger partial charge in [-0.2, -0.15) is 0 Å². The second-order valence-corrected chi connectivity index (χ2v) is 4.96. The standard InChI is InChI=1S/2C6H8O7.6K.4H2O.6H/c2*7-3(8)1-6(13,5(11)12)2-4(9)10;;;;;;;;;;;;;;;;/h2*13H,1-2H2,(H,7,8)(H,9,10)(H,11,12);;;;;;;4*1H2;;;;;;/q;;6*+1;;;;;6*-1. The molecule has 36 heavy (non-hydrogen) atoms. The fraction of sp³-hybridized carbons (Fsp3) is 0.500. The number of carboxylic acids is 6. The van der Waals surface area contributed by atoms with E-state index in [2.05, 4.69) is 0 Å². The van der Waals surface area contributed by atoms with Crippen molar-refractivity contribution in [2.75, 3.05) is 0 Å². The van der Waals surface area contributed by atoms with Gasteiger partial charge in [0.15, 0.2) is 11.2 Å². The van der Waals surface area contributed by atoms with Crippen molar-refractivity contribution in [2.45, 2.75) is 36.9 Å². The van der Waals surface area contributed by atoms with Crippen LogP contribution < -0.4 is 308 Å². The molecule has 0 rings (SSSR count). The third-order valence-corrected chi connectivity index (χ3v) is 2.57. The summed E-state index contributed by atoms with van der Waals surface area (Å²) in [4.78, 5) is 61.0. The van der Waals surface area contributed by atoms with Gasteiger partial charge in [0.1, 0.15) is 0 Å². The minimum absolute atomic E-state index is 0. The molecule has 16 N–H and O–H groups in total. The van der Waals surface area contributed by atoms with Crippen molar-refractivity contribution in [3.63, 3.8) is 0 Å². The smallest absolute Gasteiger partial charge is 1.00 e. The summed E-state index contributed by atoms with van der Waals surface area (Å²) in [7, 11) is 0. The maximum atomic E-state index is 10.3. The van der Waals surface area contributed by atoms with Crippen molar-refractivity contribution in [3.8, 4) is 0 Å². The van der Waals surface area contributed by atoms with Gasteiger partial charge < -0.3 is 71.3 Å². The average Bonchev–Trinajstić information content (AvgIpc) is 2.34. The molecule has 0 fully saturated rings. The van der Waals surface area contributed by atoms with Crippen molar-refractivity contribution < 1.29 is 408 Å². The average molecular weight is 697 g/mol. The quantitative estimate of drug-likeness (QED) is 0.0983. The van der Waals surface area contributed by atoms with Crippen molar-refractivity contribution in [1.82, 2.24) is 0 Å². The van der Waals surface area contributed by atoms with Crippen LogP contribution in [0.25, 0.3) is 0 Å². The molecule has 0 bridgehead atoms. The zero-order valence-corrected chi connectivity index (χ0v) is 39.6.